The van der Waals surface area contributed by atoms with Crippen LogP contribution >= 0.6 is 0 Å². The van der Waals surface area contributed by atoms with Gasteiger partial charge in [-0.05, 0) is 30.3 Å². The number of hydrogen-bond donors (Lipinski definition) is 2. The number of carbonyl (C=O) groups excluding carboxylic acids is 3. The van der Waals surface area contributed by atoms with Gasteiger partial charge in [0.25, 0.3) is 11.8 Å². The minimum atomic E-state index is -0.631. The maximum atomic E-state index is 12.6. The zero-order chi connectivity index (χ0) is 21.4. The molecule has 0 saturated heterocycles. The fourth-order valence-electron chi connectivity index (χ4n) is 2.48. The molecular weight excluding hydrogens is 378 g/mol. The molecule has 0 atom stereocenters. The van der Waals surface area contributed by atoms with Crippen LogP contribution in [0.25, 0.3) is 0 Å². The van der Waals surface area contributed by atoms with Crippen LogP contribution in [0.2, 0.25) is 0 Å². The fourth-order valence-corrected chi connectivity index (χ4v) is 2.48. The van der Waals surface area contributed by atoms with Crippen LogP contribution in [0.15, 0.2) is 42.5 Å². The summed E-state index contributed by atoms with van der Waals surface area (Å²) in [6.07, 6.45) is 0. The molecule has 0 saturated carbocycles. The molecule has 0 radical (unpaired) electrons. The van der Waals surface area contributed by atoms with Crippen molar-refractivity contribution in [3.8, 4) is 17.2 Å². The van der Waals surface area contributed by atoms with E-state index in [1.807, 2.05) is 0 Å². The molecule has 9 nitrogen and oxygen atoms in total. The van der Waals surface area contributed by atoms with Crippen molar-refractivity contribution in [1.82, 2.24) is 4.90 Å². The van der Waals surface area contributed by atoms with Gasteiger partial charge in [0, 0.05) is 24.4 Å². The Kier molecular flexibility index (Phi) is 7.41. The van der Waals surface area contributed by atoms with Crippen molar-refractivity contribution in [3.63, 3.8) is 0 Å². The average molecular weight is 401 g/mol. The van der Waals surface area contributed by atoms with Crippen LogP contribution in [-0.2, 0) is 9.59 Å². The van der Waals surface area contributed by atoms with E-state index < -0.39 is 5.91 Å². The zero-order valence-corrected chi connectivity index (χ0v) is 16.4. The smallest absolute Gasteiger partial charge is 0.255 e. The van der Waals surface area contributed by atoms with E-state index in [0.717, 1.165) is 0 Å². The molecule has 0 spiro atoms. The Morgan fingerprint density at radius 2 is 1.79 bits per heavy atom. The number of rotatable bonds is 9. The van der Waals surface area contributed by atoms with E-state index in [4.69, 9.17) is 19.9 Å². The normalized spacial score (nSPS) is 10.0. The summed E-state index contributed by atoms with van der Waals surface area (Å²) < 4.78 is 15.5. The van der Waals surface area contributed by atoms with Crippen molar-refractivity contribution >= 4 is 23.4 Å². The van der Waals surface area contributed by atoms with Gasteiger partial charge in [0.05, 0.1) is 20.8 Å². The number of primary amides is 1. The summed E-state index contributed by atoms with van der Waals surface area (Å²) in [4.78, 5) is 37.0. The summed E-state index contributed by atoms with van der Waals surface area (Å²) in [5, 5.41) is 2.71. The number of likely N-dealkylation sites (N-methyl/N-ethyl adjacent to an activating group) is 1. The van der Waals surface area contributed by atoms with Gasteiger partial charge < -0.3 is 30.2 Å². The number of methoxy groups -OCH3 is 2. The number of anilines is 1. The van der Waals surface area contributed by atoms with Crippen LogP contribution < -0.4 is 25.3 Å². The van der Waals surface area contributed by atoms with Gasteiger partial charge in [-0.25, -0.2) is 0 Å². The molecule has 2 aromatic rings. The van der Waals surface area contributed by atoms with Gasteiger partial charge in [-0.1, -0.05) is 6.07 Å². The number of hydrogen-bond acceptors (Lipinski definition) is 6. The predicted molar refractivity (Wildman–Crippen MR) is 106 cm³/mol. The second-order valence-electron chi connectivity index (χ2n) is 6.06. The number of nitrogens with two attached hydrogens (primary N) is 1. The highest BCUT2D eigenvalue weighted by Gasteiger charge is 2.18. The number of nitrogens with one attached hydrogen (secondary N) is 1. The van der Waals surface area contributed by atoms with E-state index >= 15 is 0 Å². The quantitative estimate of drug-likeness (QED) is 0.653. The van der Waals surface area contributed by atoms with E-state index in [2.05, 4.69) is 5.32 Å². The first-order chi connectivity index (χ1) is 13.8. The van der Waals surface area contributed by atoms with Crippen LogP contribution in [0.5, 0.6) is 17.2 Å². The molecule has 2 rings (SSSR count). The largest absolute Gasteiger partial charge is 0.497 e. The van der Waals surface area contributed by atoms with Crippen molar-refractivity contribution in [2.24, 2.45) is 5.73 Å². The average Bonchev–Trinajstić information content (AvgIpc) is 2.71. The molecule has 3 N–H and O–H groups in total. The predicted octanol–water partition coefficient (Wildman–Crippen LogP) is 1.28. The molecule has 154 valence electrons. The second-order valence-corrected chi connectivity index (χ2v) is 6.06. The Bertz CT molecular complexity index is 900. The highest BCUT2D eigenvalue weighted by atomic mass is 16.5. The van der Waals surface area contributed by atoms with Gasteiger partial charge in [-0.15, -0.1) is 0 Å². The SMILES string of the molecule is COc1cccc(NC(=O)CN(C)C(=O)c2ccc(OCC(N)=O)c(OC)c2)c1. The molecule has 0 fully saturated rings. The fraction of sp³-hybridized carbons (Fsp3) is 0.250. The monoisotopic (exact) mass is 401 g/mol. The maximum absolute atomic E-state index is 12.6. The van der Waals surface area contributed by atoms with E-state index in [1.165, 1.54) is 44.4 Å². The summed E-state index contributed by atoms with van der Waals surface area (Å²) in [5.74, 6) is -0.215. The number of amides is 3. The second kappa shape index (κ2) is 9.98. The lowest BCUT2D eigenvalue weighted by Gasteiger charge is -2.18. The molecule has 0 aliphatic heterocycles. The molecule has 0 bridgehead atoms. The van der Waals surface area contributed by atoms with E-state index in [0.29, 0.717) is 17.0 Å². The van der Waals surface area contributed by atoms with Crippen molar-refractivity contribution in [2.75, 3.05) is 39.7 Å². The Labute approximate surface area is 168 Å². The van der Waals surface area contributed by atoms with Crippen LogP contribution in [0, 0.1) is 0 Å². The molecule has 29 heavy (non-hydrogen) atoms. The number of benzene rings is 2. The Morgan fingerprint density at radius 1 is 1.03 bits per heavy atom. The summed E-state index contributed by atoms with van der Waals surface area (Å²) in [7, 11) is 4.45. The van der Waals surface area contributed by atoms with E-state index in [9.17, 15) is 14.4 Å². The van der Waals surface area contributed by atoms with Crippen LogP contribution in [0.4, 0.5) is 5.69 Å². The summed E-state index contributed by atoms with van der Waals surface area (Å²) >= 11 is 0. The molecular formula is C20H23N3O6. The van der Waals surface area contributed by atoms with Gasteiger partial charge in [0.15, 0.2) is 18.1 Å². The Morgan fingerprint density at radius 3 is 2.45 bits per heavy atom. The van der Waals surface area contributed by atoms with Crippen molar-refractivity contribution in [1.29, 1.82) is 0 Å². The van der Waals surface area contributed by atoms with Crippen molar-refractivity contribution in [3.05, 3.63) is 48.0 Å². The summed E-state index contributed by atoms with van der Waals surface area (Å²) in [6, 6.07) is 11.4. The third kappa shape index (κ3) is 6.13. The third-order valence-corrected chi connectivity index (χ3v) is 3.86. The molecule has 0 unspecified atom stereocenters. The molecule has 3 amide bonds. The minimum Gasteiger partial charge on any atom is -0.497 e. The highest BCUT2D eigenvalue weighted by Crippen LogP contribution is 2.28. The molecule has 0 aliphatic rings. The van der Waals surface area contributed by atoms with Crippen molar-refractivity contribution < 1.29 is 28.6 Å². The van der Waals surface area contributed by atoms with Crippen molar-refractivity contribution in [2.45, 2.75) is 0 Å². The molecule has 0 aliphatic carbocycles. The lowest BCUT2D eigenvalue weighted by atomic mass is 10.1. The number of nitrogens with zero attached hydrogens (tertiary/aromatic N) is 1. The third-order valence-electron chi connectivity index (χ3n) is 3.86. The first-order valence-electron chi connectivity index (χ1n) is 8.62. The number of carbonyl (C=O) groups is 3. The van der Waals surface area contributed by atoms with Gasteiger partial charge >= 0.3 is 0 Å². The first kappa shape index (κ1) is 21.5. The van der Waals surface area contributed by atoms with E-state index in [1.54, 1.807) is 24.3 Å². The van der Waals surface area contributed by atoms with Crippen LogP contribution in [-0.4, -0.2) is 57.0 Å². The minimum absolute atomic E-state index is 0.154. The molecule has 0 aromatic heterocycles. The Hall–Kier alpha value is -3.75. The van der Waals surface area contributed by atoms with Crippen LogP contribution in [0.1, 0.15) is 10.4 Å². The van der Waals surface area contributed by atoms with Gasteiger partial charge in [-0.3, -0.25) is 14.4 Å². The maximum Gasteiger partial charge on any atom is 0.255 e. The lowest BCUT2D eigenvalue weighted by Crippen LogP contribution is -2.34. The zero-order valence-electron chi connectivity index (χ0n) is 16.4. The van der Waals surface area contributed by atoms with Gasteiger partial charge in [0.1, 0.15) is 5.75 Å². The first-order valence-corrected chi connectivity index (χ1v) is 8.62. The summed E-state index contributed by atoms with van der Waals surface area (Å²) in [5.41, 5.74) is 5.92. The van der Waals surface area contributed by atoms with Gasteiger partial charge in [-0.2, -0.15) is 0 Å². The lowest BCUT2D eigenvalue weighted by molar-refractivity contribution is -0.120. The Balaban J connectivity index is 2.03. The van der Waals surface area contributed by atoms with E-state index in [-0.39, 0.29) is 36.5 Å². The molecule has 2 aromatic carbocycles. The molecule has 0 heterocycles. The molecule has 9 heteroatoms. The summed E-state index contributed by atoms with van der Waals surface area (Å²) in [6.45, 7) is -0.466. The van der Waals surface area contributed by atoms with Gasteiger partial charge in [0.2, 0.25) is 5.91 Å². The van der Waals surface area contributed by atoms with Crippen LogP contribution in [0.3, 0.4) is 0 Å². The number of ether oxygens (including phenoxy) is 3. The standard InChI is InChI=1S/C20H23N3O6/c1-23(11-19(25)22-14-5-4-6-15(10-14)27-2)20(26)13-7-8-16(17(9-13)28-3)29-12-18(21)24/h4-10H,11-12H2,1-3H3,(H2,21,24)(H,22,25). The topological polar surface area (TPSA) is 120 Å². The highest BCUT2D eigenvalue weighted by molar-refractivity contribution is 5.99.